The molecule has 0 fully saturated rings. The largest absolute Gasteiger partial charge is 0.367 e. The Labute approximate surface area is 112 Å². The van der Waals surface area contributed by atoms with Crippen LogP contribution in [0.15, 0.2) is 18.3 Å². The summed E-state index contributed by atoms with van der Waals surface area (Å²) < 4.78 is 14.0. The number of hydrogen-bond acceptors (Lipinski definition) is 4. The molecule has 90 valence electrons. The first-order valence-corrected chi connectivity index (χ1v) is 6.38. The second kappa shape index (κ2) is 5.62. The van der Waals surface area contributed by atoms with E-state index in [1.165, 1.54) is 11.3 Å². The fraction of sp³-hybridized carbons (Fsp3) is 0.200. The van der Waals surface area contributed by atoms with Gasteiger partial charge in [-0.3, -0.25) is 0 Å². The van der Waals surface area contributed by atoms with E-state index in [1.54, 1.807) is 0 Å². The zero-order valence-electron chi connectivity index (χ0n) is 8.58. The van der Waals surface area contributed by atoms with Gasteiger partial charge in [-0.15, -0.1) is 11.3 Å². The van der Waals surface area contributed by atoms with E-state index in [4.69, 9.17) is 23.2 Å². The van der Waals surface area contributed by atoms with E-state index in [0.29, 0.717) is 6.54 Å². The molecule has 0 aliphatic rings. The molecule has 2 aromatic heterocycles. The average Bonchev–Trinajstić information content (AvgIpc) is 2.69. The first-order valence-electron chi connectivity index (χ1n) is 4.81. The smallest absolute Gasteiger partial charge is 0.224 e. The van der Waals surface area contributed by atoms with E-state index < -0.39 is 5.82 Å². The zero-order valence-corrected chi connectivity index (χ0v) is 10.9. The number of nitrogens with zero attached hydrogens (tertiary/aromatic N) is 2. The first kappa shape index (κ1) is 12.5. The lowest BCUT2D eigenvalue weighted by Gasteiger charge is -2.05. The van der Waals surface area contributed by atoms with Crippen LogP contribution in [0.25, 0.3) is 0 Å². The third-order valence-electron chi connectivity index (χ3n) is 2.01. The molecule has 0 aliphatic carbocycles. The summed E-state index contributed by atoms with van der Waals surface area (Å²) in [5.41, 5.74) is 0. The van der Waals surface area contributed by atoms with Crippen molar-refractivity contribution in [2.45, 2.75) is 6.42 Å². The fourth-order valence-corrected chi connectivity index (χ4v) is 2.48. The second-order valence-electron chi connectivity index (χ2n) is 3.22. The van der Waals surface area contributed by atoms with Crippen LogP contribution in [0.4, 0.5) is 10.2 Å². The van der Waals surface area contributed by atoms with Gasteiger partial charge >= 0.3 is 0 Å². The minimum Gasteiger partial charge on any atom is -0.367 e. The highest BCUT2D eigenvalue weighted by atomic mass is 35.5. The number of anilines is 1. The Morgan fingerprint density at radius 3 is 2.88 bits per heavy atom. The van der Waals surface area contributed by atoms with Crippen molar-refractivity contribution in [1.29, 1.82) is 0 Å². The van der Waals surface area contributed by atoms with Gasteiger partial charge in [-0.2, -0.15) is 4.98 Å². The van der Waals surface area contributed by atoms with Crippen molar-refractivity contribution in [3.05, 3.63) is 38.6 Å². The standard InChI is InChI=1S/C10H8Cl2FN3S/c11-8-2-1-6(17-8)3-4-14-9-7(13)5-15-10(12)16-9/h1-2,5H,3-4H2,(H,14,15,16). The second-order valence-corrected chi connectivity index (χ2v) is 5.36. The van der Waals surface area contributed by atoms with E-state index in [9.17, 15) is 4.39 Å². The maximum absolute atomic E-state index is 13.2. The van der Waals surface area contributed by atoms with Crippen molar-refractivity contribution in [3.63, 3.8) is 0 Å². The predicted octanol–water partition coefficient (Wildman–Crippen LogP) is 3.64. The van der Waals surface area contributed by atoms with Gasteiger partial charge in [-0.05, 0) is 30.2 Å². The van der Waals surface area contributed by atoms with Crippen LogP contribution < -0.4 is 5.32 Å². The van der Waals surface area contributed by atoms with Gasteiger partial charge in [0, 0.05) is 11.4 Å². The number of nitrogens with one attached hydrogen (secondary N) is 1. The third kappa shape index (κ3) is 3.52. The van der Waals surface area contributed by atoms with Crippen LogP contribution >= 0.6 is 34.5 Å². The molecule has 0 spiro atoms. The molecule has 0 amide bonds. The lowest BCUT2D eigenvalue weighted by Crippen LogP contribution is -2.08. The van der Waals surface area contributed by atoms with Crippen LogP contribution in [0, 0.1) is 5.82 Å². The van der Waals surface area contributed by atoms with E-state index in [2.05, 4.69) is 15.3 Å². The van der Waals surface area contributed by atoms with Crippen molar-refractivity contribution in [3.8, 4) is 0 Å². The van der Waals surface area contributed by atoms with Crippen LogP contribution in [0.3, 0.4) is 0 Å². The van der Waals surface area contributed by atoms with Crippen LogP contribution in [0.5, 0.6) is 0 Å². The highest BCUT2D eigenvalue weighted by molar-refractivity contribution is 7.16. The summed E-state index contributed by atoms with van der Waals surface area (Å²) in [6.45, 7) is 0.557. The number of rotatable bonds is 4. The maximum Gasteiger partial charge on any atom is 0.224 e. The fourth-order valence-electron chi connectivity index (χ4n) is 1.26. The summed E-state index contributed by atoms with van der Waals surface area (Å²) in [6.07, 6.45) is 1.79. The summed E-state index contributed by atoms with van der Waals surface area (Å²) in [5.74, 6) is -0.397. The molecule has 2 heterocycles. The highest BCUT2D eigenvalue weighted by Crippen LogP contribution is 2.21. The molecule has 0 saturated carbocycles. The Hall–Kier alpha value is -0.910. The van der Waals surface area contributed by atoms with Crippen LogP contribution in [0.1, 0.15) is 4.88 Å². The molecule has 0 unspecified atom stereocenters. The van der Waals surface area contributed by atoms with Gasteiger partial charge in [-0.1, -0.05) is 11.6 Å². The lowest BCUT2D eigenvalue weighted by atomic mass is 10.3. The Morgan fingerprint density at radius 1 is 1.35 bits per heavy atom. The molecule has 0 aliphatic heterocycles. The van der Waals surface area contributed by atoms with Crippen molar-refractivity contribution in [1.82, 2.24) is 9.97 Å². The number of thiophene rings is 1. The summed E-state index contributed by atoms with van der Waals surface area (Å²) in [4.78, 5) is 8.42. The highest BCUT2D eigenvalue weighted by Gasteiger charge is 2.05. The average molecular weight is 292 g/mol. The van der Waals surface area contributed by atoms with E-state index in [-0.39, 0.29) is 11.1 Å². The minimum atomic E-state index is -0.515. The summed E-state index contributed by atoms with van der Waals surface area (Å²) in [6, 6.07) is 3.78. The van der Waals surface area contributed by atoms with Crippen LogP contribution in [0.2, 0.25) is 9.62 Å². The minimum absolute atomic E-state index is 0.0214. The van der Waals surface area contributed by atoms with Crippen molar-refractivity contribution in [2.75, 3.05) is 11.9 Å². The molecule has 0 radical (unpaired) electrons. The summed E-state index contributed by atoms with van der Waals surface area (Å²) >= 11 is 12.9. The summed E-state index contributed by atoms with van der Waals surface area (Å²) in [7, 11) is 0. The maximum atomic E-state index is 13.2. The van der Waals surface area contributed by atoms with E-state index >= 15 is 0 Å². The summed E-state index contributed by atoms with van der Waals surface area (Å²) in [5, 5.41) is 2.89. The molecule has 0 atom stereocenters. The molecule has 0 aromatic carbocycles. The number of aromatic nitrogens is 2. The molecule has 2 aromatic rings. The molecular formula is C10H8Cl2FN3S. The quantitative estimate of drug-likeness (QED) is 0.874. The van der Waals surface area contributed by atoms with Crippen molar-refractivity contribution >= 4 is 40.4 Å². The Balaban J connectivity index is 1.91. The Bertz CT molecular complexity index is 518. The molecule has 1 N–H and O–H groups in total. The molecular weight excluding hydrogens is 284 g/mol. The molecule has 3 nitrogen and oxygen atoms in total. The number of hydrogen-bond donors (Lipinski definition) is 1. The van der Waals surface area contributed by atoms with Gasteiger partial charge in [0.25, 0.3) is 0 Å². The molecule has 17 heavy (non-hydrogen) atoms. The van der Waals surface area contributed by atoms with Gasteiger partial charge in [-0.25, -0.2) is 9.37 Å². The molecule has 0 bridgehead atoms. The molecule has 2 rings (SSSR count). The molecule has 7 heteroatoms. The SMILES string of the molecule is Fc1cnc(Cl)nc1NCCc1ccc(Cl)s1. The van der Waals surface area contributed by atoms with Crippen LogP contribution in [-0.2, 0) is 6.42 Å². The van der Waals surface area contributed by atoms with Gasteiger partial charge < -0.3 is 5.32 Å². The normalized spacial score (nSPS) is 10.5. The molecule has 0 saturated heterocycles. The zero-order chi connectivity index (χ0) is 12.3. The topological polar surface area (TPSA) is 37.8 Å². The van der Waals surface area contributed by atoms with E-state index in [1.807, 2.05) is 12.1 Å². The van der Waals surface area contributed by atoms with Crippen molar-refractivity contribution in [2.24, 2.45) is 0 Å². The van der Waals surface area contributed by atoms with Gasteiger partial charge in [0.2, 0.25) is 5.28 Å². The van der Waals surface area contributed by atoms with Crippen LogP contribution in [-0.4, -0.2) is 16.5 Å². The van der Waals surface area contributed by atoms with Gasteiger partial charge in [0.1, 0.15) is 0 Å². The van der Waals surface area contributed by atoms with Crippen molar-refractivity contribution < 1.29 is 4.39 Å². The Morgan fingerprint density at radius 2 is 2.18 bits per heavy atom. The van der Waals surface area contributed by atoms with Gasteiger partial charge in [0.05, 0.1) is 10.5 Å². The van der Waals surface area contributed by atoms with E-state index in [0.717, 1.165) is 21.8 Å². The Kier molecular flexibility index (Phi) is 4.15. The predicted molar refractivity (Wildman–Crippen MR) is 68.5 cm³/mol. The monoisotopic (exact) mass is 291 g/mol. The first-order chi connectivity index (χ1) is 8.15. The third-order valence-corrected chi connectivity index (χ3v) is 3.48. The van der Waals surface area contributed by atoms with Gasteiger partial charge in [0.15, 0.2) is 11.6 Å². The number of halogens is 3. The lowest BCUT2D eigenvalue weighted by molar-refractivity contribution is 0.616.